The topological polar surface area (TPSA) is 154 Å². The van der Waals surface area contributed by atoms with E-state index in [9.17, 15) is 28.8 Å². The van der Waals surface area contributed by atoms with Gasteiger partial charge in [-0.05, 0) is 30.1 Å². The van der Waals surface area contributed by atoms with E-state index >= 15 is 0 Å². The maximum atomic E-state index is 14.0. The summed E-state index contributed by atoms with van der Waals surface area (Å²) in [6, 6.07) is -4.32. The van der Waals surface area contributed by atoms with Crippen molar-refractivity contribution in [1.29, 1.82) is 0 Å². The molecule has 1 unspecified atom stereocenters. The quantitative estimate of drug-likeness (QED) is 0.176. The van der Waals surface area contributed by atoms with Gasteiger partial charge in [0.1, 0.15) is 12.1 Å². The zero-order chi connectivity index (χ0) is 33.3. The second-order valence-corrected chi connectivity index (χ2v) is 14.1. The van der Waals surface area contributed by atoms with Crippen molar-refractivity contribution in [3.05, 3.63) is 12.7 Å². The van der Waals surface area contributed by atoms with Gasteiger partial charge in [-0.3, -0.25) is 24.0 Å². The lowest BCUT2D eigenvalue weighted by molar-refractivity contribution is -0.144. The van der Waals surface area contributed by atoms with Crippen molar-refractivity contribution in [3.63, 3.8) is 0 Å². The highest BCUT2D eigenvalue weighted by atomic mass is 16.2. The van der Waals surface area contributed by atoms with Gasteiger partial charge in [-0.25, -0.2) is 4.79 Å². The third-order valence-corrected chi connectivity index (χ3v) is 7.73. The normalized spacial score (nSPS) is 19.2. The van der Waals surface area contributed by atoms with Gasteiger partial charge < -0.3 is 26.2 Å². The summed E-state index contributed by atoms with van der Waals surface area (Å²) in [5.74, 6) is -3.01. The second kappa shape index (κ2) is 16.0. The lowest BCUT2D eigenvalue weighted by Crippen LogP contribution is -2.62. The Hall–Kier alpha value is -3.24. The van der Waals surface area contributed by atoms with E-state index in [1.54, 1.807) is 20.8 Å². The standard InChI is InChI=1S/C32H55N5O6/c1-12-14-15-21(24(38)28(41)33-17-13-2)34-27(40)23-20(5)16-18-37(23)29(42)25(31(6,7)8)36-30(43)35-22(19(3)4)26(39)32(9,10)11/h13,19-23,25H,2,12,14-18H2,1,3-11H3,(H,33,41)(H,34,40)(H2,35,36,43)/t20-,21?,22-,23-,25+/m0/s1. The van der Waals surface area contributed by atoms with Crippen molar-refractivity contribution in [1.82, 2.24) is 26.2 Å². The number of carbonyl (C=O) groups excluding carboxylic acids is 6. The molecule has 11 nitrogen and oxygen atoms in total. The number of likely N-dealkylation sites (tertiary alicyclic amines) is 1. The highest BCUT2D eigenvalue weighted by Gasteiger charge is 2.46. The number of nitrogens with one attached hydrogen (secondary N) is 4. The Labute approximate surface area is 257 Å². The van der Waals surface area contributed by atoms with Crippen LogP contribution >= 0.6 is 0 Å². The van der Waals surface area contributed by atoms with E-state index in [1.165, 1.54) is 11.0 Å². The molecule has 11 heteroatoms. The maximum Gasteiger partial charge on any atom is 0.316 e. The van der Waals surface area contributed by atoms with Crippen LogP contribution in [0.25, 0.3) is 0 Å². The van der Waals surface area contributed by atoms with Gasteiger partial charge in [0.2, 0.25) is 17.6 Å². The predicted octanol–water partition coefficient (Wildman–Crippen LogP) is 3.12. The van der Waals surface area contributed by atoms with Crippen LogP contribution in [0.2, 0.25) is 0 Å². The molecular formula is C32H55N5O6. The molecule has 5 atom stereocenters. The monoisotopic (exact) mass is 605 g/mol. The Morgan fingerprint density at radius 2 is 1.58 bits per heavy atom. The molecule has 244 valence electrons. The summed E-state index contributed by atoms with van der Waals surface area (Å²) >= 11 is 0. The Kier molecular flexibility index (Phi) is 14.1. The Bertz CT molecular complexity index is 1040. The average Bonchev–Trinajstić information content (AvgIpc) is 3.29. The number of hydrogen-bond acceptors (Lipinski definition) is 6. The fourth-order valence-electron chi connectivity index (χ4n) is 5.07. The van der Waals surface area contributed by atoms with Gasteiger partial charge in [-0.15, -0.1) is 6.58 Å². The molecular weight excluding hydrogens is 550 g/mol. The SMILES string of the molecule is C=CCNC(=O)C(=O)C(CCCC)NC(=O)[C@@H]1[C@@H](C)CCN1C(=O)[C@@H](NC(=O)N[C@H](C(=O)C(C)(C)C)C(C)C)C(C)(C)C. The zero-order valence-electron chi connectivity index (χ0n) is 27.9. The summed E-state index contributed by atoms with van der Waals surface area (Å²) in [6.45, 7) is 22.2. The number of nitrogens with zero attached hydrogens (tertiary/aromatic N) is 1. The number of Topliss-reactive ketones (excluding diaryl/α,β-unsaturated/α-hetero) is 2. The lowest BCUT2D eigenvalue weighted by Gasteiger charge is -2.37. The Balaban J connectivity index is 3.22. The lowest BCUT2D eigenvalue weighted by atomic mass is 9.82. The molecule has 0 aromatic carbocycles. The maximum absolute atomic E-state index is 14.0. The number of carbonyl (C=O) groups is 6. The zero-order valence-corrected chi connectivity index (χ0v) is 27.9. The first-order chi connectivity index (χ1) is 19.8. The molecule has 5 amide bonds. The van der Waals surface area contributed by atoms with E-state index in [1.807, 2.05) is 48.5 Å². The van der Waals surface area contributed by atoms with Gasteiger partial charge in [0.05, 0.1) is 12.1 Å². The van der Waals surface area contributed by atoms with Crippen molar-refractivity contribution in [2.45, 2.75) is 119 Å². The molecule has 4 N–H and O–H groups in total. The van der Waals surface area contributed by atoms with Crippen LogP contribution in [0.5, 0.6) is 0 Å². The first-order valence-corrected chi connectivity index (χ1v) is 15.4. The molecule has 1 saturated heterocycles. The highest BCUT2D eigenvalue weighted by molar-refractivity contribution is 6.38. The summed E-state index contributed by atoms with van der Waals surface area (Å²) in [4.78, 5) is 80.6. The van der Waals surface area contributed by atoms with Crippen LogP contribution in [0.15, 0.2) is 12.7 Å². The third-order valence-electron chi connectivity index (χ3n) is 7.73. The minimum atomic E-state index is -1.03. The van der Waals surface area contributed by atoms with Crippen LogP contribution in [-0.2, 0) is 24.0 Å². The van der Waals surface area contributed by atoms with Crippen LogP contribution in [0.1, 0.15) is 94.9 Å². The molecule has 0 aromatic rings. The predicted molar refractivity (Wildman–Crippen MR) is 167 cm³/mol. The van der Waals surface area contributed by atoms with Crippen molar-refractivity contribution < 1.29 is 28.8 Å². The Morgan fingerprint density at radius 3 is 2.07 bits per heavy atom. The summed E-state index contributed by atoms with van der Waals surface area (Å²) in [5, 5.41) is 10.8. The molecule has 1 rings (SSSR count). The van der Waals surface area contributed by atoms with E-state index in [0.717, 1.165) is 6.42 Å². The molecule has 0 bridgehead atoms. The molecule has 1 aliphatic heterocycles. The number of unbranched alkanes of at least 4 members (excludes halogenated alkanes) is 1. The van der Waals surface area contributed by atoms with Crippen molar-refractivity contribution in [3.8, 4) is 0 Å². The minimum absolute atomic E-state index is 0.119. The van der Waals surface area contributed by atoms with Gasteiger partial charge in [0.25, 0.3) is 5.91 Å². The highest BCUT2D eigenvalue weighted by Crippen LogP contribution is 2.29. The number of ketones is 2. The first-order valence-electron chi connectivity index (χ1n) is 15.4. The molecule has 43 heavy (non-hydrogen) atoms. The van der Waals surface area contributed by atoms with E-state index in [2.05, 4.69) is 27.8 Å². The molecule has 0 radical (unpaired) electrons. The first kappa shape index (κ1) is 37.8. The molecule has 0 spiro atoms. The van der Waals surface area contributed by atoms with Crippen molar-refractivity contribution in [2.24, 2.45) is 22.7 Å². The Morgan fingerprint density at radius 1 is 0.977 bits per heavy atom. The van der Waals surface area contributed by atoms with E-state index < -0.39 is 64.5 Å². The summed E-state index contributed by atoms with van der Waals surface area (Å²) in [5.41, 5.74) is -1.40. The molecule has 1 heterocycles. The third kappa shape index (κ3) is 10.8. The van der Waals surface area contributed by atoms with Crippen LogP contribution in [0, 0.1) is 22.7 Å². The van der Waals surface area contributed by atoms with Crippen LogP contribution in [-0.4, -0.2) is 77.5 Å². The molecule has 0 saturated carbocycles. The largest absolute Gasteiger partial charge is 0.346 e. The average molecular weight is 606 g/mol. The van der Waals surface area contributed by atoms with Crippen molar-refractivity contribution >= 4 is 35.3 Å². The summed E-state index contributed by atoms with van der Waals surface area (Å²) in [7, 11) is 0. The van der Waals surface area contributed by atoms with Gasteiger partial charge >= 0.3 is 6.03 Å². The van der Waals surface area contributed by atoms with Crippen LogP contribution in [0.4, 0.5) is 4.79 Å². The van der Waals surface area contributed by atoms with Gasteiger partial charge in [0, 0.05) is 18.5 Å². The molecule has 1 aliphatic rings. The fraction of sp³-hybridized carbons (Fsp3) is 0.750. The van der Waals surface area contributed by atoms with E-state index in [0.29, 0.717) is 19.4 Å². The van der Waals surface area contributed by atoms with Crippen LogP contribution < -0.4 is 21.3 Å². The smallest absolute Gasteiger partial charge is 0.316 e. The molecule has 1 fully saturated rings. The second-order valence-electron chi connectivity index (χ2n) is 14.1. The van der Waals surface area contributed by atoms with Gasteiger partial charge in [0.15, 0.2) is 5.78 Å². The molecule has 0 aliphatic carbocycles. The van der Waals surface area contributed by atoms with Crippen molar-refractivity contribution in [2.75, 3.05) is 13.1 Å². The fourth-order valence-corrected chi connectivity index (χ4v) is 5.07. The molecule has 0 aromatic heterocycles. The summed E-state index contributed by atoms with van der Waals surface area (Å²) in [6.07, 6.45) is 3.68. The van der Waals surface area contributed by atoms with E-state index in [-0.39, 0.29) is 30.6 Å². The number of hydrogen-bond donors (Lipinski definition) is 4. The summed E-state index contributed by atoms with van der Waals surface area (Å²) < 4.78 is 0. The van der Waals surface area contributed by atoms with Crippen LogP contribution in [0.3, 0.4) is 0 Å². The number of rotatable bonds is 14. The minimum Gasteiger partial charge on any atom is -0.346 e. The van der Waals surface area contributed by atoms with Gasteiger partial charge in [-0.2, -0.15) is 0 Å². The van der Waals surface area contributed by atoms with E-state index in [4.69, 9.17) is 0 Å². The van der Waals surface area contributed by atoms with Gasteiger partial charge in [-0.1, -0.05) is 88.2 Å². The number of urea groups is 1. The number of amides is 5.